The van der Waals surface area contributed by atoms with Gasteiger partial charge in [-0.25, -0.2) is 0 Å². The maximum absolute atomic E-state index is 6.33. The Bertz CT molecular complexity index is 1050. The topological polar surface area (TPSA) is 52.5 Å². The monoisotopic (exact) mass is 502 g/mol. The van der Waals surface area contributed by atoms with Gasteiger partial charge >= 0.3 is 8.45 Å². The first-order valence-corrected chi connectivity index (χ1v) is 13.5. The van der Waals surface area contributed by atoms with Crippen molar-refractivity contribution in [2.24, 2.45) is 4.52 Å². The number of aryl methyl sites for hydroxylation is 3. The average Bonchev–Trinajstić information content (AvgIpc) is 2.82. The maximum atomic E-state index is 6.33. The van der Waals surface area contributed by atoms with Gasteiger partial charge in [-0.1, -0.05) is 66.1 Å². The Hall–Kier alpha value is -2.06. The number of benzene rings is 3. The molecule has 0 heterocycles. The fourth-order valence-corrected chi connectivity index (χ4v) is 5.83. The lowest BCUT2D eigenvalue weighted by atomic mass is 10.2. The number of para-hydroxylation sites is 3. The van der Waals surface area contributed by atoms with Gasteiger partial charge < -0.3 is 13.6 Å². The molecule has 33 heavy (non-hydrogen) atoms. The Balaban J connectivity index is 1.82. The van der Waals surface area contributed by atoms with E-state index < -0.39 is 8.45 Å². The molecule has 0 amide bonds. The number of rotatable bonds is 12. The fourth-order valence-electron chi connectivity index (χ4n) is 2.64. The van der Waals surface area contributed by atoms with Crippen molar-refractivity contribution >= 4 is 26.0 Å². The molecule has 0 saturated heterocycles. The molecule has 0 aliphatic heterocycles. The van der Waals surface area contributed by atoms with Crippen LogP contribution in [0.3, 0.4) is 0 Å². The molecule has 174 valence electrons. The quantitative estimate of drug-likeness (QED) is 0.183. The highest BCUT2D eigenvalue weighted by Crippen LogP contribution is 2.53. The van der Waals surface area contributed by atoms with Gasteiger partial charge in [-0.2, -0.15) is 0 Å². The molecule has 0 aliphatic carbocycles. The van der Waals surface area contributed by atoms with Crippen molar-refractivity contribution in [3.8, 4) is 17.2 Å². The summed E-state index contributed by atoms with van der Waals surface area (Å²) in [6.07, 6.45) is 0.857. The van der Waals surface area contributed by atoms with E-state index in [9.17, 15) is 0 Å². The van der Waals surface area contributed by atoms with Crippen LogP contribution in [-0.2, 0) is 4.84 Å². The third kappa shape index (κ3) is 8.03. The van der Waals surface area contributed by atoms with E-state index >= 15 is 0 Å². The first kappa shape index (κ1) is 25.6. The van der Waals surface area contributed by atoms with E-state index in [1.807, 2.05) is 93.6 Å². The van der Waals surface area contributed by atoms with Crippen LogP contribution in [0, 0.1) is 20.8 Å². The van der Waals surface area contributed by atoms with Crippen LogP contribution in [0.1, 0.15) is 30.0 Å². The number of nitrogens with zero attached hydrogens (tertiary/aromatic N) is 2. The normalized spacial score (nSPS) is 12.5. The van der Waals surface area contributed by atoms with Gasteiger partial charge in [0.2, 0.25) is 0 Å². The molecule has 0 radical (unpaired) electrons. The summed E-state index contributed by atoms with van der Waals surface area (Å²) >= 11 is 0. The largest absolute Gasteiger partial charge is 0.458 e. The second kappa shape index (κ2) is 13.6. The number of hydrogen-bond donors (Lipinski definition) is 0. The van der Waals surface area contributed by atoms with E-state index in [4.69, 9.17) is 22.9 Å². The SMILES string of the molecule is CCCON(POc1ccccc1C)P(N=POc1ccccc1C)Oc1ccccc1C. The second-order valence-corrected chi connectivity index (χ2v) is 10.5. The molecule has 3 rings (SSSR count). The highest BCUT2D eigenvalue weighted by Gasteiger charge is 2.25. The van der Waals surface area contributed by atoms with E-state index in [1.165, 1.54) is 0 Å². The first-order valence-electron chi connectivity index (χ1n) is 10.7. The third-order valence-electron chi connectivity index (χ3n) is 4.52. The van der Waals surface area contributed by atoms with Crippen LogP contribution in [0.4, 0.5) is 0 Å². The van der Waals surface area contributed by atoms with Crippen LogP contribution in [0.15, 0.2) is 77.3 Å². The highest BCUT2D eigenvalue weighted by molar-refractivity contribution is 7.60. The van der Waals surface area contributed by atoms with Gasteiger partial charge in [0.05, 0.1) is 6.61 Å². The van der Waals surface area contributed by atoms with E-state index in [0.29, 0.717) is 15.2 Å². The van der Waals surface area contributed by atoms with Crippen LogP contribution in [0.25, 0.3) is 0 Å². The molecule has 6 nitrogen and oxygen atoms in total. The molecule has 2 unspecified atom stereocenters. The maximum Gasteiger partial charge on any atom is 0.337 e. The summed E-state index contributed by atoms with van der Waals surface area (Å²) < 4.78 is 24.7. The molecule has 0 aliphatic rings. The van der Waals surface area contributed by atoms with E-state index in [1.54, 1.807) is 4.60 Å². The first-order chi connectivity index (χ1) is 16.1. The highest BCUT2D eigenvalue weighted by atomic mass is 31.2. The Morgan fingerprint density at radius 2 is 1.36 bits per heavy atom. The van der Waals surface area contributed by atoms with Gasteiger partial charge in [0.15, 0.2) is 8.96 Å². The molecule has 2 atom stereocenters. The van der Waals surface area contributed by atoms with Crippen molar-refractivity contribution < 1.29 is 18.4 Å². The van der Waals surface area contributed by atoms with Crippen LogP contribution in [0.5, 0.6) is 17.2 Å². The minimum Gasteiger partial charge on any atom is -0.458 e. The summed E-state index contributed by atoms with van der Waals surface area (Å²) in [6, 6.07) is 23.6. The average molecular weight is 502 g/mol. The molecule has 0 aromatic heterocycles. The second-order valence-electron chi connectivity index (χ2n) is 7.20. The van der Waals surface area contributed by atoms with Crippen LogP contribution < -0.4 is 13.6 Å². The summed E-state index contributed by atoms with van der Waals surface area (Å²) in [7, 11) is -1.25. The zero-order valence-electron chi connectivity index (χ0n) is 19.3. The van der Waals surface area contributed by atoms with Crippen LogP contribution in [-0.4, -0.2) is 11.2 Å². The lowest BCUT2D eigenvalue weighted by molar-refractivity contribution is -0.0162. The van der Waals surface area contributed by atoms with Crippen molar-refractivity contribution in [1.29, 1.82) is 0 Å². The van der Waals surface area contributed by atoms with Crippen molar-refractivity contribution in [3.63, 3.8) is 0 Å². The standard InChI is InChI=1S/C24H29N2O4P3/c1-5-18-27-26(32-29-23-16-10-7-13-20(23)3)33(30-24-17-11-8-14-21(24)4)25-31-28-22-15-9-6-12-19(22)2/h6-17,32H,5,18H2,1-4H3. The van der Waals surface area contributed by atoms with Crippen molar-refractivity contribution in [2.45, 2.75) is 34.1 Å². The lowest BCUT2D eigenvalue weighted by Gasteiger charge is -2.25. The lowest BCUT2D eigenvalue weighted by Crippen LogP contribution is -2.13. The molecule has 3 aromatic rings. The molecule has 9 heteroatoms. The van der Waals surface area contributed by atoms with E-state index in [-0.39, 0.29) is 8.96 Å². The molecular formula is C24H29N2O4P3. The van der Waals surface area contributed by atoms with E-state index in [0.717, 1.165) is 40.4 Å². The predicted octanol–water partition coefficient (Wildman–Crippen LogP) is 8.57. The Kier molecular flexibility index (Phi) is 10.5. The molecule has 0 fully saturated rings. The Morgan fingerprint density at radius 3 is 1.94 bits per heavy atom. The summed E-state index contributed by atoms with van der Waals surface area (Å²) in [6.45, 7) is 8.62. The summed E-state index contributed by atoms with van der Waals surface area (Å²) in [5, 5.41) is 0. The number of hydrogen-bond acceptors (Lipinski definition) is 6. The van der Waals surface area contributed by atoms with Crippen LogP contribution >= 0.6 is 26.0 Å². The summed E-state index contributed by atoms with van der Waals surface area (Å²) in [5.74, 6) is 2.35. The zero-order chi connectivity index (χ0) is 23.5. The van der Waals surface area contributed by atoms with Crippen molar-refractivity contribution in [2.75, 3.05) is 6.61 Å². The molecule has 0 spiro atoms. The van der Waals surface area contributed by atoms with Crippen LogP contribution in [0.2, 0.25) is 0 Å². The summed E-state index contributed by atoms with van der Waals surface area (Å²) in [4.78, 5) is 6.02. The van der Waals surface area contributed by atoms with E-state index in [2.05, 4.69) is 6.92 Å². The van der Waals surface area contributed by atoms with Gasteiger partial charge in [-0.05, 0) is 62.1 Å². The minimum absolute atomic E-state index is 0.128. The molecule has 0 N–H and O–H groups in total. The molecule has 0 bridgehead atoms. The molecular weight excluding hydrogens is 473 g/mol. The zero-order valence-corrected chi connectivity index (χ0v) is 22.1. The third-order valence-corrected chi connectivity index (χ3v) is 7.84. The molecule has 3 aromatic carbocycles. The Morgan fingerprint density at radius 1 is 0.818 bits per heavy atom. The van der Waals surface area contributed by atoms with Gasteiger partial charge in [-0.3, -0.25) is 4.84 Å². The molecule has 0 saturated carbocycles. The fraction of sp³-hybridized carbons (Fsp3) is 0.250. The predicted molar refractivity (Wildman–Crippen MR) is 138 cm³/mol. The smallest absolute Gasteiger partial charge is 0.337 e. The van der Waals surface area contributed by atoms with Gasteiger partial charge in [0.1, 0.15) is 17.2 Å². The Labute approximate surface area is 201 Å². The van der Waals surface area contributed by atoms with Crippen molar-refractivity contribution in [1.82, 2.24) is 4.60 Å². The van der Waals surface area contributed by atoms with Crippen molar-refractivity contribution in [3.05, 3.63) is 89.5 Å². The summed E-state index contributed by atoms with van der Waals surface area (Å²) in [5.41, 5.74) is 3.13. The van der Waals surface area contributed by atoms with Gasteiger partial charge in [-0.15, -0.1) is 4.52 Å². The van der Waals surface area contributed by atoms with Gasteiger partial charge in [0, 0.05) is 0 Å². The van der Waals surface area contributed by atoms with Gasteiger partial charge in [0.25, 0.3) is 8.60 Å². The minimum atomic E-state index is -1.55.